The quantitative estimate of drug-likeness (QED) is 0.399. The Balaban J connectivity index is 1.74. The molecule has 0 aliphatic carbocycles. The van der Waals surface area contributed by atoms with E-state index in [2.05, 4.69) is 0 Å². The lowest BCUT2D eigenvalue weighted by Gasteiger charge is -2.13. The summed E-state index contributed by atoms with van der Waals surface area (Å²) in [5.41, 5.74) is -0.378. The molecule has 1 heterocycles. The van der Waals surface area contributed by atoms with E-state index in [1.165, 1.54) is 43.5 Å². The van der Waals surface area contributed by atoms with Crippen LogP contribution in [0.1, 0.15) is 5.56 Å². The predicted molar refractivity (Wildman–Crippen MR) is 106 cm³/mol. The number of hydrogen-bond acceptors (Lipinski definition) is 8. The number of phenolic OH excluding ortho intramolecular Hbond substituents is 1. The standard InChI is InChI=1S/C19H15FN2O7S/c1-28-15-9-11(8-14(17(15)23)22(26)27)10-16-18(24)21(19(25)30-16)6-7-29-13-4-2-12(20)3-5-13/h2-5,8-10,23H,6-7H2,1H3/b16-10-. The molecule has 1 aliphatic heterocycles. The highest BCUT2D eigenvalue weighted by Gasteiger charge is 2.35. The number of halogens is 1. The van der Waals surface area contributed by atoms with Gasteiger partial charge in [0.2, 0.25) is 5.75 Å². The second-order valence-electron chi connectivity index (χ2n) is 5.98. The molecule has 2 aromatic rings. The highest BCUT2D eigenvalue weighted by Crippen LogP contribution is 2.39. The number of rotatable bonds is 7. The van der Waals surface area contributed by atoms with Gasteiger partial charge < -0.3 is 14.6 Å². The molecule has 30 heavy (non-hydrogen) atoms. The number of nitro groups is 1. The van der Waals surface area contributed by atoms with Crippen LogP contribution in [0, 0.1) is 15.9 Å². The molecule has 11 heteroatoms. The van der Waals surface area contributed by atoms with Crippen molar-refractivity contribution in [3.05, 3.63) is 62.8 Å². The van der Waals surface area contributed by atoms with E-state index in [4.69, 9.17) is 9.47 Å². The van der Waals surface area contributed by atoms with Gasteiger partial charge in [0, 0.05) is 6.07 Å². The summed E-state index contributed by atoms with van der Waals surface area (Å²) in [5.74, 6) is -1.37. The van der Waals surface area contributed by atoms with Gasteiger partial charge in [0.25, 0.3) is 11.1 Å². The third-order valence-corrected chi connectivity index (χ3v) is 4.97. The van der Waals surface area contributed by atoms with Crippen molar-refractivity contribution in [2.45, 2.75) is 0 Å². The summed E-state index contributed by atoms with van der Waals surface area (Å²) in [6, 6.07) is 7.69. The SMILES string of the molecule is COc1cc(/C=C2\SC(=O)N(CCOc3ccc(F)cc3)C2=O)cc([N+](=O)[O-])c1O. The number of carbonyl (C=O) groups is 2. The zero-order valence-electron chi connectivity index (χ0n) is 15.5. The average molecular weight is 434 g/mol. The Labute approximate surface area is 173 Å². The number of nitro benzene ring substituents is 1. The smallest absolute Gasteiger partial charge is 0.315 e. The van der Waals surface area contributed by atoms with Crippen LogP contribution in [0.3, 0.4) is 0 Å². The Kier molecular flexibility index (Phi) is 6.21. The van der Waals surface area contributed by atoms with Crippen molar-refractivity contribution >= 4 is 34.7 Å². The summed E-state index contributed by atoms with van der Waals surface area (Å²) in [7, 11) is 1.23. The van der Waals surface area contributed by atoms with Gasteiger partial charge in [0.1, 0.15) is 18.2 Å². The van der Waals surface area contributed by atoms with Crippen molar-refractivity contribution < 1.29 is 33.5 Å². The maximum absolute atomic E-state index is 12.9. The van der Waals surface area contributed by atoms with E-state index in [1.54, 1.807) is 0 Å². The molecule has 1 fully saturated rings. The molecule has 0 radical (unpaired) electrons. The number of aromatic hydroxyl groups is 1. The number of imide groups is 1. The van der Waals surface area contributed by atoms with Gasteiger partial charge in [-0.2, -0.15) is 0 Å². The fourth-order valence-corrected chi connectivity index (χ4v) is 3.49. The van der Waals surface area contributed by atoms with Gasteiger partial charge in [0.15, 0.2) is 5.75 Å². The van der Waals surface area contributed by atoms with Crippen LogP contribution in [0.15, 0.2) is 41.3 Å². The number of thioether (sulfide) groups is 1. The van der Waals surface area contributed by atoms with E-state index < -0.39 is 33.3 Å². The molecule has 0 atom stereocenters. The van der Waals surface area contributed by atoms with Crippen LogP contribution in [0.2, 0.25) is 0 Å². The van der Waals surface area contributed by atoms with E-state index >= 15 is 0 Å². The number of nitrogens with zero attached hydrogens (tertiary/aromatic N) is 2. The molecular weight excluding hydrogens is 419 g/mol. The average Bonchev–Trinajstić information content (AvgIpc) is 2.97. The number of phenols is 1. The highest BCUT2D eigenvalue weighted by atomic mass is 32.2. The second-order valence-corrected chi connectivity index (χ2v) is 6.98. The minimum atomic E-state index is -0.784. The molecule has 1 aliphatic rings. The first-order chi connectivity index (χ1) is 14.3. The van der Waals surface area contributed by atoms with E-state index in [0.717, 1.165) is 11.0 Å². The summed E-state index contributed by atoms with van der Waals surface area (Å²) in [5, 5.41) is 20.4. The first kappa shape index (κ1) is 21.1. The van der Waals surface area contributed by atoms with Gasteiger partial charge in [-0.3, -0.25) is 24.6 Å². The Morgan fingerprint density at radius 2 is 1.97 bits per heavy atom. The Morgan fingerprint density at radius 1 is 1.27 bits per heavy atom. The number of amides is 2. The first-order valence-corrected chi connectivity index (χ1v) is 9.31. The van der Waals surface area contributed by atoms with E-state index in [-0.39, 0.29) is 29.4 Å². The van der Waals surface area contributed by atoms with E-state index in [0.29, 0.717) is 17.5 Å². The van der Waals surface area contributed by atoms with Gasteiger partial charge in [0.05, 0.1) is 23.5 Å². The van der Waals surface area contributed by atoms with Gasteiger partial charge >= 0.3 is 5.69 Å². The Morgan fingerprint density at radius 3 is 2.60 bits per heavy atom. The molecule has 156 valence electrons. The van der Waals surface area contributed by atoms with Crippen LogP contribution in [0.5, 0.6) is 17.2 Å². The Bertz CT molecular complexity index is 1040. The van der Waals surface area contributed by atoms with Crippen molar-refractivity contribution in [2.24, 2.45) is 0 Å². The van der Waals surface area contributed by atoms with Crippen LogP contribution < -0.4 is 9.47 Å². The van der Waals surface area contributed by atoms with Crippen molar-refractivity contribution in [1.82, 2.24) is 4.90 Å². The molecule has 0 saturated carbocycles. The number of carbonyl (C=O) groups excluding carboxylic acids is 2. The maximum atomic E-state index is 12.9. The second kappa shape index (κ2) is 8.82. The van der Waals surface area contributed by atoms with Crippen LogP contribution >= 0.6 is 11.8 Å². The van der Waals surface area contributed by atoms with Gasteiger partial charge in [-0.1, -0.05) is 0 Å². The van der Waals surface area contributed by atoms with Gasteiger partial charge in [-0.25, -0.2) is 4.39 Å². The highest BCUT2D eigenvalue weighted by molar-refractivity contribution is 8.18. The number of hydrogen-bond donors (Lipinski definition) is 1. The summed E-state index contributed by atoms with van der Waals surface area (Å²) in [4.78, 5) is 36.1. The molecule has 2 aromatic carbocycles. The molecule has 0 unspecified atom stereocenters. The third-order valence-electron chi connectivity index (χ3n) is 4.06. The minimum absolute atomic E-state index is 0.00938. The molecule has 1 saturated heterocycles. The van der Waals surface area contributed by atoms with Crippen LogP contribution in [-0.4, -0.2) is 46.3 Å². The molecule has 0 aromatic heterocycles. The lowest BCUT2D eigenvalue weighted by molar-refractivity contribution is -0.386. The lowest BCUT2D eigenvalue weighted by Crippen LogP contribution is -2.32. The molecule has 3 rings (SSSR count). The van der Waals surface area contributed by atoms with Crippen LogP contribution in [-0.2, 0) is 4.79 Å². The molecule has 0 spiro atoms. The zero-order valence-corrected chi connectivity index (χ0v) is 16.3. The fourth-order valence-electron chi connectivity index (χ4n) is 2.62. The number of benzene rings is 2. The fraction of sp³-hybridized carbons (Fsp3) is 0.158. The number of ether oxygens (including phenoxy) is 2. The molecule has 9 nitrogen and oxygen atoms in total. The topological polar surface area (TPSA) is 119 Å². The molecule has 2 amide bonds. The van der Waals surface area contributed by atoms with Gasteiger partial charge in [-0.05, 0) is 53.7 Å². The molecule has 0 bridgehead atoms. The summed E-state index contributed by atoms with van der Waals surface area (Å²) in [6.07, 6.45) is 1.31. The molecular formula is C19H15FN2O7S. The predicted octanol–water partition coefficient (Wildman–Crippen LogP) is 3.56. The van der Waals surface area contributed by atoms with Crippen molar-refractivity contribution in [1.29, 1.82) is 0 Å². The first-order valence-electron chi connectivity index (χ1n) is 8.49. The molecule has 1 N–H and O–H groups in total. The summed E-state index contributed by atoms with van der Waals surface area (Å²) >= 11 is 0.677. The van der Waals surface area contributed by atoms with Crippen LogP contribution in [0.25, 0.3) is 6.08 Å². The minimum Gasteiger partial charge on any atom is -0.500 e. The maximum Gasteiger partial charge on any atom is 0.315 e. The van der Waals surface area contributed by atoms with E-state index in [1.807, 2.05) is 0 Å². The largest absolute Gasteiger partial charge is 0.500 e. The van der Waals surface area contributed by atoms with Gasteiger partial charge in [-0.15, -0.1) is 0 Å². The lowest BCUT2D eigenvalue weighted by atomic mass is 10.1. The summed E-state index contributed by atoms with van der Waals surface area (Å²) < 4.78 is 23.2. The number of methoxy groups -OCH3 is 1. The van der Waals surface area contributed by atoms with Crippen LogP contribution in [0.4, 0.5) is 14.9 Å². The van der Waals surface area contributed by atoms with E-state index in [9.17, 15) is 29.2 Å². The Hall–Kier alpha value is -3.60. The van der Waals surface area contributed by atoms with Crippen molar-refractivity contribution in [3.63, 3.8) is 0 Å². The van der Waals surface area contributed by atoms with Crippen molar-refractivity contribution in [3.8, 4) is 17.2 Å². The zero-order chi connectivity index (χ0) is 21.8. The third kappa shape index (κ3) is 4.51. The normalized spacial score (nSPS) is 15.0. The van der Waals surface area contributed by atoms with Crippen molar-refractivity contribution in [2.75, 3.05) is 20.3 Å². The monoisotopic (exact) mass is 434 g/mol. The summed E-state index contributed by atoms with van der Waals surface area (Å²) in [6.45, 7) is -0.0200.